The van der Waals surface area contributed by atoms with Crippen LogP contribution in [0.4, 0.5) is 4.79 Å². The van der Waals surface area contributed by atoms with Crippen LogP contribution in [0.15, 0.2) is 0 Å². The van der Waals surface area contributed by atoms with Gasteiger partial charge in [-0.1, -0.05) is 0 Å². The van der Waals surface area contributed by atoms with Gasteiger partial charge in [0.15, 0.2) is 0 Å². The maximum absolute atomic E-state index is 10.8. The first-order valence-corrected chi connectivity index (χ1v) is 4.78. The topological polar surface area (TPSA) is 49.6 Å². The van der Waals surface area contributed by atoms with Crippen molar-refractivity contribution in [1.82, 2.24) is 9.80 Å². The summed E-state index contributed by atoms with van der Waals surface area (Å²) in [5.74, 6) is 0.633. The number of carbonyl (C=O) groups excluding carboxylic acids is 1. The molecule has 4 nitrogen and oxygen atoms in total. The van der Waals surface area contributed by atoms with E-state index in [0.717, 1.165) is 19.6 Å². The molecule has 4 heteroatoms. The van der Waals surface area contributed by atoms with Gasteiger partial charge in [-0.25, -0.2) is 4.79 Å². The van der Waals surface area contributed by atoms with Gasteiger partial charge in [-0.3, -0.25) is 0 Å². The molecule has 1 fully saturated rings. The van der Waals surface area contributed by atoms with E-state index in [1.165, 1.54) is 12.8 Å². The standard InChI is InChI=1S/C9H19N3O/c1-11-5-3-8(4-6-11)7-12(2)9(10)13/h8H,3-7H2,1-2H3,(H2,10,13). The van der Waals surface area contributed by atoms with Gasteiger partial charge in [0.1, 0.15) is 0 Å². The fourth-order valence-corrected chi connectivity index (χ4v) is 1.72. The SMILES string of the molecule is CN1CCC(CN(C)C(N)=O)CC1. The van der Waals surface area contributed by atoms with Crippen LogP contribution in [0.1, 0.15) is 12.8 Å². The van der Waals surface area contributed by atoms with Gasteiger partial charge in [0.05, 0.1) is 0 Å². The van der Waals surface area contributed by atoms with Gasteiger partial charge in [0.2, 0.25) is 0 Å². The molecule has 0 aromatic rings. The van der Waals surface area contributed by atoms with Crippen molar-refractivity contribution in [1.29, 1.82) is 0 Å². The van der Waals surface area contributed by atoms with Crippen LogP contribution >= 0.6 is 0 Å². The summed E-state index contributed by atoms with van der Waals surface area (Å²) in [5.41, 5.74) is 5.16. The molecule has 13 heavy (non-hydrogen) atoms. The van der Waals surface area contributed by atoms with E-state index in [2.05, 4.69) is 11.9 Å². The van der Waals surface area contributed by atoms with E-state index in [1.807, 2.05) is 0 Å². The van der Waals surface area contributed by atoms with Crippen molar-refractivity contribution in [3.8, 4) is 0 Å². The zero-order chi connectivity index (χ0) is 9.84. The number of amides is 2. The number of rotatable bonds is 2. The van der Waals surface area contributed by atoms with Gasteiger partial charge in [0.25, 0.3) is 0 Å². The Hall–Kier alpha value is -0.770. The quantitative estimate of drug-likeness (QED) is 0.674. The summed E-state index contributed by atoms with van der Waals surface area (Å²) in [5, 5.41) is 0. The molecule has 2 N–H and O–H groups in total. The van der Waals surface area contributed by atoms with E-state index in [-0.39, 0.29) is 6.03 Å². The third-order valence-corrected chi connectivity index (χ3v) is 2.75. The van der Waals surface area contributed by atoms with Crippen LogP contribution in [0.2, 0.25) is 0 Å². The monoisotopic (exact) mass is 185 g/mol. The number of hydrogen-bond donors (Lipinski definition) is 1. The average molecular weight is 185 g/mol. The van der Waals surface area contributed by atoms with Crippen molar-refractivity contribution in [2.24, 2.45) is 11.7 Å². The first-order chi connectivity index (χ1) is 6.09. The average Bonchev–Trinajstić information content (AvgIpc) is 2.08. The first kappa shape index (κ1) is 10.3. The summed E-state index contributed by atoms with van der Waals surface area (Å²) in [7, 11) is 3.90. The molecule has 0 unspecified atom stereocenters. The lowest BCUT2D eigenvalue weighted by molar-refractivity contribution is 0.175. The van der Waals surface area contributed by atoms with Crippen molar-refractivity contribution in [3.05, 3.63) is 0 Å². The highest BCUT2D eigenvalue weighted by Gasteiger charge is 2.18. The molecule has 1 rings (SSSR count). The van der Waals surface area contributed by atoms with Crippen molar-refractivity contribution >= 4 is 6.03 Å². The van der Waals surface area contributed by atoms with Crippen molar-refractivity contribution in [3.63, 3.8) is 0 Å². The molecule has 0 bridgehead atoms. The minimum Gasteiger partial charge on any atom is -0.351 e. The summed E-state index contributed by atoms with van der Waals surface area (Å²) >= 11 is 0. The molecular formula is C9H19N3O. The molecule has 1 saturated heterocycles. The number of piperidine rings is 1. The smallest absolute Gasteiger partial charge is 0.314 e. The number of likely N-dealkylation sites (tertiary alicyclic amines) is 1. The van der Waals surface area contributed by atoms with Crippen LogP contribution in [-0.4, -0.2) is 49.6 Å². The van der Waals surface area contributed by atoms with Gasteiger partial charge in [0, 0.05) is 13.6 Å². The van der Waals surface area contributed by atoms with Crippen LogP contribution in [0, 0.1) is 5.92 Å². The van der Waals surface area contributed by atoms with Crippen LogP contribution < -0.4 is 5.73 Å². The number of nitrogens with zero attached hydrogens (tertiary/aromatic N) is 2. The molecule has 0 saturated carbocycles. The Morgan fingerprint density at radius 2 is 2.08 bits per heavy atom. The Balaban J connectivity index is 2.26. The van der Waals surface area contributed by atoms with Crippen LogP contribution in [-0.2, 0) is 0 Å². The third-order valence-electron chi connectivity index (χ3n) is 2.75. The molecule has 0 atom stereocenters. The fraction of sp³-hybridized carbons (Fsp3) is 0.889. The van der Waals surface area contributed by atoms with E-state index in [1.54, 1.807) is 11.9 Å². The molecule has 0 radical (unpaired) electrons. The Bertz CT molecular complexity index is 176. The second kappa shape index (κ2) is 4.46. The second-order valence-electron chi connectivity index (χ2n) is 3.97. The van der Waals surface area contributed by atoms with Crippen molar-refractivity contribution in [2.75, 3.05) is 33.7 Å². The first-order valence-electron chi connectivity index (χ1n) is 4.78. The Kier molecular flexibility index (Phi) is 3.54. The second-order valence-corrected chi connectivity index (χ2v) is 3.97. The minimum atomic E-state index is -0.320. The summed E-state index contributed by atoms with van der Waals surface area (Å²) in [4.78, 5) is 14.7. The number of primary amides is 1. The summed E-state index contributed by atoms with van der Waals surface area (Å²) in [6, 6.07) is -0.320. The highest BCUT2D eigenvalue weighted by atomic mass is 16.2. The van der Waals surface area contributed by atoms with Gasteiger partial charge < -0.3 is 15.5 Å². The largest absolute Gasteiger partial charge is 0.351 e. The molecular weight excluding hydrogens is 166 g/mol. The molecule has 0 aromatic carbocycles. The Labute approximate surface area is 79.7 Å². The lowest BCUT2D eigenvalue weighted by Crippen LogP contribution is -2.39. The fourth-order valence-electron chi connectivity index (χ4n) is 1.72. The minimum absolute atomic E-state index is 0.320. The maximum atomic E-state index is 10.8. The third kappa shape index (κ3) is 3.22. The van der Waals surface area contributed by atoms with Gasteiger partial charge in [-0.2, -0.15) is 0 Å². The lowest BCUT2D eigenvalue weighted by Gasteiger charge is -2.31. The Morgan fingerprint density at radius 3 is 2.54 bits per heavy atom. The van der Waals surface area contributed by atoms with Crippen LogP contribution in [0.25, 0.3) is 0 Å². The van der Waals surface area contributed by atoms with Gasteiger partial charge in [-0.05, 0) is 38.9 Å². The van der Waals surface area contributed by atoms with Gasteiger partial charge >= 0.3 is 6.03 Å². The van der Waals surface area contributed by atoms with E-state index < -0.39 is 0 Å². The van der Waals surface area contributed by atoms with Gasteiger partial charge in [-0.15, -0.1) is 0 Å². The molecule has 76 valence electrons. The number of nitrogens with two attached hydrogens (primary N) is 1. The normalized spacial score (nSPS) is 20.2. The molecule has 0 aromatic heterocycles. The zero-order valence-corrected chi connectivity index (χ0v) is 8.49. The van der Waals surface area contributed by atoms with E-state index in [9.17, 15) is 4.79 Å². The predicted molar refractivity (Wildman–Crippen MR) is 52.4 cm³/mol. The number of urea groups is 1. The summed E-state index contributed by atoms with van der Waals surface area (Å²) in [6.07, 6.45) is 2.35. The van der Waals surface area contributed by atoms with Crippen LogP contribution in [0.5, 0.6) is 0 Å². The highest BCUT2D eigenvalue weighted by molar-refractivity contribution is 5.71. The molecule has 1 heterocycles. The Morgan fingerprint density at radius 1 is 1.54 bits per heavy atom. The lowest BCUT2D eigenvalue weighted by atomic mass is 9.97. The molecule has 1 aliphatic rings. The zero-order valence-electron chi connectivity index (χ0n) is 8.49. The van der Waals surface area contributed by atoms with Crippen molar-refractivity contribution < 1.29 is 4.79 Å². The van der Waals surface area contributed by atoms with E-state index >= 15 is 0 Å². The molecule has 1 aliphatic heterocycles. The predicted octanol–water partition coefficient (Wildman–Crippen LogP) is 0.339. The van der Waals surface area contributed by atoms with Crippen LogP contribution in [0.3, 0.4) is 0 Å². The summed E-state index contributed by atoms with van der Waals surface area (Å²) < 4.78 is 0. The molecule has 2 amide bonds. The maximum Gasteiger partial charge on any atom is 0.314 e. The van der Waals surface area contributed by atoms with E-state index in [0.29, 0.717) is 5.92 Å². The number of carbonyl (C=O) groups is 1. The molecule has 0 spiro atoms. The van der Waals surface area contributed by atoms with E-state index in [4.69, 9.17) is 5.73 Å². The molecule has 0 aliphatic carbocycles. The van der Waals surface area contributed by atoms with Crippen molar-refractivity contribution in [2.45, 2.75) is 12.8 Å². The highest BCUT2D eigenvalue weighted by Crippen LogP contribution is 2.16. The number of hydrogen-bond acceptors (Lipinski definition) is 2. The summed E-state index contributed by atoms with van der Waals surface area (Å²) in [6.45, 7) is 3.08.